The molecule has 2 saturated carbocycles. The average Bonchev–Trinajstić information content (AvgIpc) is 2.86. The number of amides is 1. The molecule has 1 amide bonds. The van der Waals surface area contributed by atoms with Gasteiger partial charge in [0.2, 0.25) is 0 Å². The van der Waals surface area contributed by atoms with Gasteiger partial charge in [-0.1, -0.05) is 6.42 Å². The quantitative estimate of drug-likeness (QED) is 0.841. The summed E-state index contributed by atoms with van der Waals surface area (Å²) in [7, 11) is 0. The zero-order valence-corrected chi connectivity index (χ0v) is 15.5. The van der Waals surface area contributed by atoms with E-state index in [1.807, 2.05) is 6.92 Å². The second kappa shape index (κ2) is 7.12. The summed E-state index contributed by atoms with van der Waals surface area (Å²) in [5.41, 5.74) is 7.53. The summed E-state index contributed by atoms with van der Waals surface area (Å²) < 4.78 is 5.80. The number of hydrogen-bond acceptors (Lipinski definition) is 4. The van der Waals surface area contributed by atoms with Crippen LogP contribution in [0.5, 0.6) is 0 Å². The van der Waals surface area contributed by atoms with Crippen molar-refractivity contribution in [1.29, 1.82) is 0 Å². The Bertz CT molecular complexity index is 670. The monoisotopic (exact) mass is 366 g/mol. The van der Waals surface area contributed by atoms with E-state index in [1.165, 1.54) is 6.42 Å². The van der Waals surface area contributed by atoms with E-state index in [2.05, 4.69) is 5.32 Å². The molecule has 3 aliphatic carbocycles. The van der Waals surface area contributed by atoms with Gasteiger partial charge in [0.05, 0.1) is 5.56 Å². The Morgan fingerprint density at radius 1 is 1.16 bits per heavy atom. The lowest BCUT2D eigenvalue weighted by Gasteiger charge is -2.45. The smallest absolute Gasteiger partial charge is 0.287 e. The van der Waals surface area contributed by atoms with E-state index in [-0.39, 0.29) is 36.2 Å². The van der Waals surface area contributed by atoms with Crippen LogP contribution in [0.1, 0.15) is 77.2 Å². The van der Waals surface area contributed by atoms with Gasteiger partial charge in [-0.15, -0.1) is 12.4 Å². The predicted octanol–water partition coefficient (Wildman–Crippen LogP) is 3.16. The topological polar surface area (TPSA) is 85.3 Å². The standard InChI is InChI=1S/C19H26N2O3.ClH/c1-10-16-14(22)6-3-7-15(16)24-18(10)19(23)21-17-11-4-2-5-12(17)9-13(20)8-11;/h11-13,17H,2-9,20H2,1H3,(H,21,23);1H. The van der Waals surface area contributed by atoms with Crippen LogP contribution in [0, 0.1) is 18.8 Å². The van der Waals surface area contributed by atoms with Crippen LogP contribution in [0.3, 0.4) is 0 Å². The number of nitrogens with one attached hydrogen (secondary N) is 1. The van der Waals surface area contributed by atoms with E-state index in [1.54, 1.807) is 0 Å². The number of hydrogen-bond donors (Lipinski definition) is 2. The van der Waals surface area contributed by atoms with E-state index in [0.29, 0.717) is 40.9 Å². The Morgan fingerprint density at radius 2 is 1.84 bits per heavy atom. The van der Waals surface area contributed by atoms with E-state index in [9.17, 15) is 9.59 Å². The third-order valence-electron chi connectivity index (χ3n) is 6.19. The lowest BCUT2D eigenvalue weighted by Crippen LogP contribution is -2.53. The van der Waals surface area contributed by atoms with Gasteiger partial charge in [0.25, 0.3) is 5.91 Å². The van der Waals surface area contributed by atoms with E-state index in [4.69, 9.17) is 10.2 Å². The highest BCUT2D eigenvalue weighted by molar-refractivity contribution is 6.03. The molecule has 2 unspecified atom stereocenters. The summed E-state index contributed by atoms with van der Waals surface area (Å²) in [6.45, 7) is 1.83. The number of aryl methyl sites for hydroxylation is 1. The summed E-state index contributed by atoms with van der Waals surface area (Å²) in [5.74, 6) is 1.93. The maximum atomic E-state index is 12.8. The van der Waals surface area contributed by atoms with E-state index >= 15 is 0 Å². The van der Waals surface area contributed by atoms with Crippen LogP contribution in [0.2, 0.25) is 0 Å². The van der Waals surface area contributed by atoms with Gasteiger partial charge in [0, 0.05) is 30.5 Å². The predicted molar refractivity (Wildman–Crippen MR) is 97.3 cm³/mol. The summed E-state index contributed by atoms with van der Waals surface area (Å²) in [6, 6.07) is 0.465. The molecule has 2 atom stereocenters. The Balaban J connectivity index is 0.00000182. The molecule has 0 radical (unpaired) electrons. The van der Waals surface area contributed by atoms with Gasteiger partial charge in [0.1, 0.15) is 5.76 Å². The Labute approximate surface area is 154 Å². The van der Waals surface area contributed by atoms with Crippen molar-refractivity contribution in [2.45, 2.75) is 70.4 Å². The number of carbonyl (C=O) groups excluding carboxylic acids is 2. The molecule has 1 aromatic heterocycles. The Morgan fingerprint density at radius 3 is 2.48 bits per heavy atom. The number of rotatable bonds is 2. The molecule has 138 valence electrons. The summed E-state index contributed by atoms with van der Waals surface area (Å²) in [5, 5.41) is 3.22. The zero-order chi connectivity index (χ0) is 16.8. The number of nitrogens with two attached hydrogens (primary N) is 1. The van der Waals surface area contributed by atoms with Crippen molar-refractivity contribution in [3.8, 4) is 0 Å². The van der Waals surface area contributed by atoms with Crippen LogP contribution in [0.15, 0.2) is 4.42 Å². The molecule has 2 bridgehead atoms. The highest BCUT2D eigenvalue weighted by Gasteiger charge is 2.40. The molecule has 0 spiro atoms. The van der Waals surface area contributed by atoms with Crippen LogP contribution in [0.25, 0.3) is 0 Å². The van der Waals surface area contributed by atoms with E-state index < -0.39 is 0 Å². The summed E-state index contributed by atoms with van der Waals surface area (Å²) >= 11 is 0. The molecule has 1 heterocycles. The maximum absolute atomic E-state index is 12.8. The molecule has 0 aliphatic heterocycles. The van der Waals surface area contributed by atoms with E-state index in [0.717, 1.165) is 38.5 Å². The van der Waals surface area contributed by atoms with Crippen molar-refractivity contribution in [2.24, 2.45) is 17.6 Å². The number of Topliss-reactive ketones (excluding diaryl/α,β-unsaturated/α-hetero) is 1. The van der Waals surface area contributed by atoms with Crippen LogP contribution in [-0.4, -0.2) is 23.8 Å². The van der Waals surface area contributed by atoms with Crippen LogP contribution >= 0.6 is 12.4 Å². The number of ketones is 1. The molecule has 25 heavy (non-hydrogen) atoms. The highest BCUT2D eigenvalue weighted by atomic mass is 35.5. The number of furan rings is 1. The molecule has 0 aromatic carbocycles. The van der Waals surface area contributed by atoms with Crippen LogP contribution < -0.4 is 11.1 Å². The second-order valence-corrected chi connectivity index (χ2v) is 7.81. The summed E-state index contributed by atoms with van der Waals surface area (Å²) in [6.07, 6.45) is 7.61. The van der Waals surface area contributed by atoms with Crippen molar-refractivity contribution in [3.05, 3.63) is 22.6 Å². The number of fused-ring (bicyclic) bond motifs is 3. The van der Waals surface area contributed by atoms with Crippen molar-refractivity contribution in [2.75, 3.05) is 0 Å². The van der Waals surface area contributed by atoms with Crippen molar-refractivity contribution < 1.29 is 14.0 Å². The number of carbonyl (C=O) groups is 2. The fourth-order valence-electron chi connectivity index (χ4n) is 5.11. The first-order valence-electron chi connectivity index (χ1n) is 9.26. The summed E-state index contributed by atoms with van der Waals surface area (Å²) in [4.78, 5) is 24.9. The van der Waals surface area contributed by atoms with Crippen LogP contribution in [0.4, 0.5) is 0 Å². The Hall–Kier alpha value is -1.33. The molecule has 3 N–H and O–H groups in total. The lowest BCUT2D eigenvalue weighted by atomic mass is 9.67. The van der Waals surface area contributed by atoms with Gasteiger partial charge in [-0.2, -0.15) is 0 Å². The zero-order valence-electron chi connectivity index (χ0n) is 14.7. The molecule has 6 heteroatoms. The highest BCUT2D eigenvalue weighted by Crippen LogP contribution is 2.40. The molecule has 3 aliphatic rings. The first kappa shape index (κ1) is 18.5. The average molecular weight is 367 g/mol. The fourth-order valence-corrected chi connectivity index (χ4v) is 5.11. The van der Waals surface area contributed by atoms with Gasteiger partial charge >= 0.3 is 0 Å². The Kier molecular flexibility index (Phi) is 5.26. The first-order chi connectivity index (χ1) is 11.5. The maximum Gasteiger partial charge on any atom is 0.287 e. The molecule has 0 saturated heterocycles. The van der Waals surface area contributed by atoms with Gasteiger partial charge in [-0.3, -0.25) is 9.59 Å². The molecule has 4 rings (SSSR count). The molecular weight excluding hydrogens is 340 g/mol. The second-order valence-electron chi connectivity index (χ2n) is 7.81. The largest absolute Gasteiger partial charge is 0.455 e. The lowest BCUT2D eigenvalue weighted by molar-refractivity contribution is 0.0729. The molecule has 5 nitrogen and oxygen atoms in total. The van der Waals surface area contributed by atoms with Gasteiger partial charge < -0.3 is 15.5 Å². The molecular formula is C19H27ClN2O3. The van der Waals surface area contributed by atoms with Crippen LogP contribution in [-0.2, 0) is 6.42 Å². The third kappa shape index (κ3) is 3.24. The minimum atomic E-state index is -0.160. The minimum Gasteiger partial charge on any atom is -0.455 e. The van der Waals surface area contributed by atoms with Gasteiger partial charge in [-0.25, -0.2) is 0 Å². The van der Waals surface area contributed by atoms with Crippen molar-refractivity contribution in [1.82, 2.24) is 5.32 Å². The fraction of sp³-hybridized carbons (Fsp3) is 0.684. The first-order valence-corrected chi connectivity index (χ1v) is 9.26. The van der Waals surface area contributed by atoms with Gasteiger partial charge in [-0.05, 0) is 50.9 Å². The normalized spacial score (nSPS) is 31.0. The van der Waals surface area contributed by atoms with Gasteiger partial charge in [0.15, 0.2) is 11.5 Å². The third-order valence-corrected chi connectivity index (χ3v) is 6.19. The minimum absolute atomic E-state index is 0. The van der Waals surface area contributed by atoms with Crippen molar-refractivity contribution >= 4 is 24.1 Å². The molecule has 2 fully saturated rings. The SMILES string of the molecule is Cc1c(C(=O)NC2C3CCCC2CC(N)C3)oc2c1C(=O)CCC2.Cl. The van der Waals surface area contributed by atoms with Crippen molar-refractivity contribution in [3.63, 3.8) is 0 Å². The number of halogens is 1. The molecule has 1 aromatic rings.